The first-order chi connectivity index (χ1) is 6.25. The smallest absolute Gasteiger partial charge is 0.238 e. The molecule has 13 heavy (non-hydrogen) atoms. The van der Waals surface area contributed by atoms with Gasteiger partial charge in [-0.25, -0.2) is 4.79 Å². The molecule has 0 bridgehead atoms. The molecule has 0 atom stereocenters. The largest absolute Gasteiger partial charge is 0.362 e. The summed E-state index contributed by atoms with van der Waals surface area (Å²) in [6.07, 6.45) is 0. The number of hydrogen-bond donors (Lipinski definition) is 1. The van der Waals surface area contributed by atoms with Gasteiger partial charge < -0.3 is 0 Å². The normalized spacial score (nSPS) is 8.69. The Morgan fingerprint density at radius 2 is 2.08 bits per heavy atom. The fraction of sp³-hybridized carbons (Fsp3) is 0. The number of carbonyl (C=O) groups is 1. The van der Waals surface area contributed by atoms with E-state index < -0.39 is 5.91 Å². The SMILES string of the molecule is [N-]=[N+]=NN(N)C(=O)c1ccccc1. The third-order valence-electron chi connectivity index (χ3n) is 1.37. The summed E-state index contributed by atoms with van der Waals surface area (Å²) in [5.74, 6) is 4.58. The number of amides is 1. The van der Waals surface area contributed by atoms with Crippen molar-refractivity contribution < 1.29 is 4.79 Å². The minimum absolute atomic E-state index is 0.373. The summed E-state index contributed by atoms with van der Waals surface area (Å²) in [6.45, 7) is 0. The van der Waals surface area contributed by atoms with Crippen molar-refractivity contribution >= 4 is 5.91 Å². The highest BCUT2D eigenvalue weighted by molar-refractivity contribution is 5.93. The molecule has 0 heterocycles. The van der Waals surface area contributed by atoms with Gasteiger partial charge in [-0.05, 0) is 12.1 Å². The molecule has 0 aliphatic carbocycles. The third kappa shape index (κ3) is 2.19. The van der Waals surface area contributed by atoms with E-state index in [4.69, 9.17) is 11.4 Å². The molecule has 66 valence electrons. The molecule has 1 rings (SSSR count). The van der Waals surface area contributed by atoms with Gasteiger partial charge in [0.2, 0.25) is 0 Å². The molecule has 6 nitrogen and oxygen atoms in total. The molecule has 0 fully saturated rings. The summed E-state index contributed by atoms with van der Waals surface area (Å²) in [4.78, 5) is 13.7. The van der Waals surface area contributed by atoms with Gasteiger partial charge in [0.05, 0.1) is 5.56 Å². The standard InChI is InChI=1S/C7H7N5O/c8-10-11-12(9)7(13)6-4-2-1-3-5-6/h1-5H,9H2. The molecule has 0 aliphatic heterocycles. The summed E-state index contributed by atoms with van der Waals surface area (Å²) in [5.41, 5.74) is 8.39. The van der Waals surface area contributed by atoms with Gasteiger partial charge in [-0.15, -0.1) is 5.53 Å². The predicted molar refractivity (Wildman–Crippen MR) is 45.9 cm³/mol. The molecule has 1 aromatic carbocycles. The number of azide groups is 1. The molecule has 0 aliphatic rings. The Morgan fingerprint density at radius 1 is 1.46 bits per heavy atom. The lowest BCUT2D eigenvalue weighted by Gasteiger charge is -2.02. The second-order valence-corrected chi connectivity index (χ2v) is 2.19. The second kappa shape index (κ2) is 4.10. The van der Waals surface area contributed by atoms with Crippen molar-refractivity contribution in [1.29, 1.82) is 0 Å². The zero-order valence-corrected chi connectivity index (χ0v) is 6.66. The van der Waals surface area contributed by atoms with Crippen molar-refractivity contribution in [2.75, 3.05) is 0 Å². The molecule has 2 N–H and O–H groups in total. The van der Waals surface area contributed by atoms with E-state index in [1.165, 1.54) is 0 Å². The van der Waals surface area contributed by atoms with Crippen molar-refractivity contribution in [3.63, 3.8) is 0 Å². The van der Waals surface area contributed by atoms with E-state index in [9.17, 15) is 4.79 Å². The first-order valence-electron chi connectivity index (χ1n) is 3.45. The van der Waals surface area contributed by atoms with Crippen LogP contribution in [0.3, 0.4) is 0 Å². The minimum Gasteiger partial charge on any atom is -0.238 e. The highest BCUT2D eigenvalue weighted by atomic mass is 16.2. The molecular formula is C7H7N5O. The van der Waals surface area contributed by atoms with Crippen molar-refractivity contribution in [3.05, 3.63) is 46.3 Å². The lowest BCUT2D eigenvalue weighted by molar-refractivity contribution is 0.0756. The molecule has 0 radical (unpaired) electrons. The van der Waals surface area contributed by atoms with Crippen molar-refractivity contribution in [2.24, 2.45) is 11.1 Å². The van der Waals surface area contributed by atoms with Crippen molar-refractivity contribution in [2.45, 2.75) is 0 Å². The van der Waals surface area contributed by atoms with Gasteiger partial charge in [0.25, 0.3) is 0 Å². The summed E-state index contributed by atoms with van der Waals surface area (Å²) in [7, 11) is 0. The average molecular weight is 177 g/mol. The number of hydrogen-bond acceptors (Lipinski definition) is 3. The van der Waals surface area contributed by atoms with E-state index in [0.29, 0.717) is 10.7 Å². The molecule has 1 aromatic rings. The first kappa shape index (κ1) is 9.05. The Kier molecular flexibility index (Phi) is 2.86. The van der Waals surface area contributed by atoms with E-state index in [2.05, 4.69) is 10.1 Å². The second-order valence-electron chi connectivity index (χ2n) is 2.19. The predicted octanol–water partition coefficient (Wildman–Crippen LogP) is 1.23. The molecule has 0 unspecified atom stereocenters. The quantitative estimate of drug-likeness (QED) is 0.183. The monoisotopic (exact) mass is 177 g/mol. The summed E-state index contributed by atoms with van der Waals surface area (Å²) in [6, 6.07) is 8.31. The number of nitrogens with zero attached hydrogens (tertiary/aromatic N) is 4. The Morgan fingerprint density at radius 3 is 2.62 bits per heavy atom. The fourth-order valence-electron chi connectivity index (χ4n) is 0.797. The van der Waals surface area contributed by atoms with Gasteiger partial charge in [-0.2, -0.15) is 10.8 Å². The van der Waals surface area contributed by atoms with Gasteiger partial charge in [0, 0.05) is 5.22 Å². The lowest BCUT2D eigenvalue weighted by atomic mass is 10.2. The molecule has 0 saturated carbocycles. The minimum atomic E-state index is -0.543. The topological polar surface area (TPSA) is 95.1 Å². The van der Waals surface area contributed by atoms with Crippen LogP contribution in [-0.4, -0.2) is 11.0 Å². The van der Waals surface area contributed by atoms with Crippen LogP contribution in [0.1, 0.15) is 10.4 Å². The van der Waals surface area contributed by atoms with Crippen LogP contribution in [0.15, 0.2) is 35.6 Å². The van der Waals surface area contributed by atoms with Gasteiger partial charge in [-0.1, -0.05) is 23.3 Å². The maximum Gasteiger partial charge on any atom is 0.362 e. The Labute approximate surface area is 74.1 Å². The molecule has 6 heteroatoms. The molecule has 0 spiro atoms. The van der Waals surface area contributed by atoms with Crippen LogP contribution in [0.4, 0.5) is 0 Å². The maximum absolute atomic E-state index is 11.3. The summed E-state index contributed by atoms with van der Waals surface area (Å²) in [5, 5.41) is 3.40. The van der Waals surface area contributed by atoms with Gasteiger partial charge >= 0.3 is 5.91 Å². The zero-order valence-electron chi connectivity index (χ0n) is 6.66. The molecule has 0 aromatic heterocycles. The molecule has 1 amide bonds. The average Bonchev–Trinajstić information content (AvgIpc) is 2.18. The van der Waals surface area contributed by atoms with Crippen LogP contribution in [0.5, 0.6) is 0 Å². The van der Waals surface area contributed by atoms with Gasteiger partial charge in [0.1, 0.15) is 0 Å². The summed E-state index contributed by atoms with van der Waals surface area (Å²) < 4.78 is 0. The number of carbonyl (C=O) groups excluding carboxylic acids is 1. The number of nitrogens with two attached hydrogens (primary N) is 1. The Hall–Kier alpha value is -2.04. The van der Waals surface area contributed by atoms with E-state index >= 15 is 0 Å². The lowest BCUT2D eigenvalue weighted by Crippen LogP contribution is -2.31. The number of rotatable bonds is 2. The Bertz CT molecular complexity index is 343. The first-order valence-corrected chi connectivity index (χ1v) is 3.45. The number of benzene rings is 1. The van der Waals surface area contributed by atoms with Crippen LogP contribution < -0.4 is 5.84 Å². The van der Waals surface area contributed by atoms with E-state index in [-0.39, 0.29) is 0 Å². The maximum atomic E-state index is 11.3. The zero-order chi connectivity index (χ0) is 9.68. The molecule has 0 saturated heterocycles. The Balaban J connectivity index is 2.86. The van der Waals surface area contributed by atoms with Crippen LogP contribution in [-0.2, 0) is 0 Å². The van der Waals surface area contributed by atoms with Gasteiger partial charge in [-0.3, -0.25) is 0 Å². The highest BCUT2D eigenvalue weighted by Gasteiger charge is 2.14. The number of hydrazine groups is 1. The third-order valence-corrected chi connectivity index (χ3v) is 1.37. The van der Waals surface area contributed by atoms with Crippen molar-refractivity contribution in [1.82, 2.24) is 5.12 Å². The van der Waals surface area contributed by atoms with E-state index in [1.54, 1.807) is 30.3 Å². The van der Waals surface area contributed by atoms with Crippen molar-refractivity contribution in [3.8, 4) is 0 Å². The van der Waals surface area contributed by atoms with Gasteiger partial charge in [0.15, 0.2) is 0 Å². The van der Waals surface area contributed by atoms with E-state index in [0.717, 1.165) is 0 Å². The fourth-order valence-corrected chi connectivity index (χ4v) is 0.797. The molecular weight excluding hydrogens is 170 g/mol. The van der Waals surface area contributed by atoms with Crippen LogP contribution in [0, 0.1) is 0 Å². The van der Waals surface area contributed by atoms with E-state index in [1.807, 2.05) is 0 Å². The summed E-state index contributed by atoms with van der Waals surface area (Å²) >= 11 is 0. The highest BCUT2D eigenvalue weighted by Crippen LogP contribution is 2.01. The van der Waals surface area contributed by atoms with Crippen LogP contribution in [0.25, 0.3) is 10.4 Å². The van der Waals surface area contributed by atoms with Crippen LogP contribution in [0.2, 0.25) is 0 Å². The van der Waals surface area contributed by atoms with Crippen LogP contribution >= 0.6 is 0 Å².